The summed E-state index contributed by atoms with van der Waals surface area (Å²) >= 11 is 0. The van der Waals surface area contributed by atoms with E-state index >= 15 is 0 Å². The zero-order valence-corrected chi connectivity index (χ0v) is 10.9. The zero-order chi connectivity index (χ0) is 10.3. The van der Waals surface area contributed by atoms with Gasteiger partial charge in [0.05, 0.1) is 11.3 Å². The number of rotatable bonds is 1. The maximum absolute atomic E-state index is 5.57. The SMILES string of the molecule is NCc1cn2ccc3ccc[c-]c3c2n1.[Ir]. The van der Waals surface area contributed by atoms with E-state index in [0.717, 1.165) is 22.1 Å². The van der Waals surface area contributed by atoms with Crippen molar-refractivity contribution in [3.63, 3.8) is 0 Å². The fourth-order valence-corrected chi connectivity index (χ4v) is 1.78. The summed E-state index contributed by atoms with van der Waals surface area (Å²) in [5.74, 6) is 0. The molecule has 0 saturated carbocycles. The molecule has 1 radical (unpaired) electrons. The van der Waals surface area contributed by atoms with Gasteiger partial charge in [-0.25, -0.2) is 0 Å². The van der Waals surface area contributed by atoms with Crippen molar-refractivity contribution in [3.8, 4) is 0 Å². The normalized spacial score (nSPS) is 10.6. The van der Waals surface area contributed by atoms with Crippen molar-refractivity contribution in [3.05, 3.63) is 48.4 Å². The van der Waals surface area contributed by atoms with E-state index < -0.39 is 0 Å². The molecule has 2 aromatic heterocycles. The summed E-state index contributed by atoms with van der Waals surface area (Å²) in [6.07, 6.45) is 3.95. The Hall–Kier alpha value is -1.22. The number of fused-ring (bicyclic) bond motifs is 3. The van der Waals surface area contributed by atoms with Gasteiger partial charge in [-0.05, 0) is 6.20 Å². The maximum atomic E-state index is 5.57. The predicted octanol–water partition coefficient (Wildman–Crippen LogP) is 1.74. The summed E-state index contributed by atoms with van der Waals surface area (Å²) in [4.78, 5) is 4.47. The molecule has 0 aliphatic heterocycles. The van der Waals surface area contributed by atoms with E-state index in [-0.39, 0.29) is 20.1 Å². The summed E-state index contributed by atoms with van der Waals surface area (Å²) in [5, 5.41) is 2.19. The molecule has 0 amide bonds. The minimum absolute atomic E-state index is 0. The van der Waals surface area contributed by atoms with E-state index in [9.17, 15) is 0 Å². The predicted molar refractivity (Wildman–Crippen MR) is 59.4 cm³/mol. The number of nitrogens with two attached hydrogens (primary N) is 1. The Morgan fingerprint density at radius 2 is 2.25 bits per heavy atom. The Morgan fingerprint density at radius 3 is 3.06 bits per heavy atom. The van der Waals surface area contributed by atoms with Gasteiger partial charge >= 0.3 is 0 Å². The Bertz CT molecular complexity index is 630. The third-order valence-corrected chi connectivity index (χ3v) is 2.52. The number of hydrogen-bond donors (Lipinski definition) is 1. The van der Waals surface area contributed by atoms with Crippen LogP contribution in [-0.4, -0.2) is 9.38 Å². The zero-order valence-electron chi connectivity index (χ0n) is 8.48. The van der Waals surface area contributed by atoms with Crippen LogP contribution < -0.4 is 5.73 Å². The van der Waals surface area contributed by atoms with E-state index in [1.165, 1.54) is 0 Å². The molecule has 0 spiro atoms. The van der Waals surface area contributed by atoms with Crippen molar-refractivity contribution in [2.75, 3.05) is 0 Å². The smallest absolute Gasteiger partial charge is 0.0609 e. The summed E-state index contributed by atoms with van der Waals surface area (Å²) in [6, 6.07) is 11.2. The van der Waals surface area contributed by atoms with Gasteiger partial charge in [-0.15, -0.1) is 35.0 Å². The van der Waals surface area contributed by atoms with Crippen LogP contribution in [0.2, 0.25) is 0 Å². The van der Waals surface area contributed by atoms with Crippen molar-refractivity contribution >= 4 is 16.4 Å². The van der Waals surface area contributed by atoms with Crippen molar-refractivity contribution in [2.45, 2.75) is 6.54 Å². The average molecular weight is 388 g/mol. The molecule has 0 aliphatic carbocycles. The monoisotopic (exact) mass is 389 g/mol. The quantitative estimate of drug-likeness (QED) is 0.646. The number of hydrogen-bond acceptors (Lipinski definition) is 2. The van der Waals surface area contributed by atoms with Gasteiger partial charge in [-0.1, -0.05) is 6.07 Å². The van der Waals surface area contributed by atoms with E-state index in [4.69, 9.17) is 5.73 Å². The molecule has 0 unspecified atom stereocenters. The summed E-state index contributed by atoms with van der Waals surface area (Å²) in [5.41, 5.74) is 7.40. The molecule has 3 nitrogen and oxygen atoms in total. The minimum Gasteiger partial charge on any atom is -0.347 e. The van der Waals surface area contributed by atoms with Crippen molar-refractivity contribution in [1.82, 2.24) is 9.38 Å². The Morgan fingerprint density at radius 1 is 1.38 bits per heavy atom. The molecule has 0 atom stereocenters. The number of imidazole rings is 1. The van der Waals surface area contributed by atoms with E-state index in [0.29, 0.717) is 6.54 Å². The van der Waals surface area contributed by atoms with Gasteiger partial charge in [0.1, 0.15) is 0 Å². The molecule has 16 heavy (non-hydrogen) atoms. The van der Waals surface area contributed by atoms with Gasteiger partial charge in [0, 0.05) is 32.8 Å². The second kappa shape index (κ2) is 4.34. The first-order valence-corrected chi connectivity index (χ1v) is 4.85. The second-order valence-corrected chi connectivity index (χ2v) is 3.48. The van der Waals surface area contributed by atoms with Crippen molar-refractivity contribution in [1.29, 1.82) is 0 Å². The summed E-state index contributed by atoms with van der Waals surface area (Å²) < 4.78 is 1.99. The van der Waals surface area contributed by atoms with Gasteiger partial charge in [-0.2, -0.15) is 0 Å². The van der Waals surface area contributed by atoms with Crippen LogP contribution in [0.5, 0.6) is 0 Å². The molecule has 2 N–H and O–H groups in total. The first-order valence-electron chi connectivity index (χ1n) is 4.85. The van der Waals surface area contributed by atoms with Crippen LogP contribution in [-0.2, 0) is 26.7 Å². The van der Waals surface area contributed by atoms with Crippen molar-refractivity contribution < 1.29 is 20.1 Å². The molecule has 3 rings (SSSR count). The van der Waals surface area contributed by atoms with Crippen LogP contribution >= 0.6 is 0 Å². The van der Waals surface area contributed by atoms with E-state index in [2.05, 4.69) is 23.2 Å². The van der Waals surface area contributed by atoms with Crippen LogP contribution in [0, 0.1) is 6.07 Å². The second-order valence-electron chi connectivity index (χ2n) is 3.48. The molecule has 3 aromatic rings. The van der Waals surface area contributed by atoms with Gasteiger partial charge in [0.15, 0.2) is 0 Å². The van der Waals surface area contributed by atoms with E-state index in [1.54, 1.807) is 0 Å². The average Bonchev–Trinajstić information content (AvgIpc) is 2.72. The maximum Gasteiger partial charge on any atom is 0.0609 e. The summed E-state index contributed by atoms with van der Waals surface area (Å²) in [6.45, 7) is 0.468. The number of benzene rings is 1. The largest absolute Gasteiger partial charge is 0.347 e. The molecule has 4 heteroatoms. The van der Waals surface area contributed by atoms with Crippen LogP contribution in [0.1, 0.15) is 5.69 Å². The first-order chi connectivity index (χ1) is 7.38. The molecule has 0 fully saturated rings. The Kier molecular flexibility index (Phi) is 3.05. The number of aromatic nitrogens is 2. The standard InChI is InChI=1S/C12H10N3.Ir/c13-7-10-8-15-6-5-9-3-1-2-4-11(9)12(15)14-10;/h1-3,5-6,8H,7,13H2;/q-1;. The third-order valence-electron chi connectivity index (χ3n) is 2.52. The molecule has 2 heterocycles. The molecule has 1 aromatic carbocycles. The topological polar surface area (TPSA) is 43.3 Å². The number of nitrogens with zero attached hydrogens (tertiary/aromatic N) is 2. The fourth-order valence-electron chi connectivity index (χ4n) is 1.78. The molecule has 0 aliphatic rings. The summed E-state index contributed by atoms with van der Waals surface area (Å²) in [7, 11) is 0. The molecule has 83 valence electrons. The first kappa shape index (κ1) is 11.3. The molecular weight excluding hydrogens is 378 g/mol. The van der Waals surface area contributed by atoms with Gasteiger partial charge < -0.3 is 10.1 Å². The molecule has 0 saturated heterocycles. The third kappa shape index (κ3) is 1.65. The minimum atomic E-state index is 0. The molecular formula is C12H10IrN3-. The van der Waals surface area contributed by atoms with Crippen LogP contribution in [0.3, 0.4) is 0 Å². The number of pyridine rings is 1. The van der Waals surface area contributed by atoms with Crippen LogP contribution in [0.4, 0.5) is 0 Å². The van der Waals surface area contributed by atoms with E-state index in [1.807, 2.05) is 28.9 Å². The van der Waals surface area contributed by atoms with Gasteiger partial charge in [0.2, 0.25) is 0 Å². The van der Waals surface area contributed by atoms with Crippen molar-refractivity contribution in [2.24, 2.45) is 5.73 Å². The van der Waals surface area contributed by atoms with Crippen LogP contribution in [0.25, 0.3) is 16.4 Å². The Balaban J connectivity index is 0.000000963. The van der Waals surface area contributed by atoms with Crippen LogP contribution in [0.15, 0.2) is 36.7 Å². The fraction of sp³-hybridized carbons (Fsp3) is 0.0833. The van der Waals surface area contributed by atoms with Gasteiger partial charge in [0.25, 0.3) is 0 Å². The Labute approximate surface area is 107 Å². The van der Waals surface area contributed by atoms with Gasteiger partial charge in [-0.3, -0.25) is 4.98 Å². The molecule has 0 bridgehead atoms.